The second-order valence-electron chi connectivity index (χ2n) is 14.0. The van der Waals surface area contributed by atoms with Crippen LogP contribution in [0.25, 0.3) is 0 Å². The molecule has 1 aromatic heterocycles. The van der Waals surface area contributed by atoms with Crippen LogP contribution < -0.4 is 15.0 Å². The SMILES string of the molecule is CN(C)C/C=C/C(=O)NC1CCN(S(=O)(=O)N2CCC(CN3CCC4(CC3)CN(c3ncnnc3Oc3ccc(F)cc3C=O)C4)CC2)C1. The zero-order valence-electron chi connectivity index (χ0n) is 28.2. The number of ether oxygens (including phenoxy) is 1. The van der Waals surface area contributed by atoms with E-state index in [0.717, 1.165) is 64.5 Å². The Hall–Kier alpha value is -3.57. The normalized spacial score (nSPS) is 22.5. The van der Waals surface area contributed by atoms with Crippen LogP contribution in [0.2, 0.25) is 0 Å². The summed E-state index contributed by atoms with van der Waals surface area (Å²) in [4.78, 5) is 34.7. The van der Waals surface area contributed by atoms with Crippen LogP contribution in [0.15, 0.2) is 36.7 Å². The van der Waals surface area contributed by atoms with E-state index < -0.39 is 16.0 Å². The molecule has 4 aliphatic heterocycles. The van der Waals surface area contributed by atoms with E-state index in [0.29, 0.717) is 57.2 Å². The number of benzene rings is 1. The van der Waals surface area contributed by atoms with Gasteiger partial charge in [0, 0.05) is 69.9 Å². The zero-order valence-corrected chi connectivity index (χ0v) is 29.0. The monoisotopic (exact) mass is 699 g/mol. The number of likely N-dealkylation sites (N-methyl/N-ethyl adjacent to an activating group) is 1. The lowest BCUT2D eigenvalue weighted by Crippen LogP contribution is -2.61. The molecule has 1 unspecified atom stereocenters. The minimum Gasteiger partial charge on any atom is -0.434 e. The number of hydrogen-bond acceptors (Lipinski definition) is 11. The molecule has 2 aromatic rings. The highest BCUT2D eigenvalue weighted by molar-refractivity contribution is 7.86. The highest BCUT2D eigenvalue weighted by atomic mass is 32.2. The number of hydrogen-bond donors (Lipinski definition) is 1. The predicted molar refractivity (Wildman–Crippen MR) is 181 cm³/mol. The molecule has 1 aromatic carbocycles. The Balaban J connectivity index is 0.927. The van der Waals surface area contributed by atoms with E-state index in [-0.39, 0.29) is 34.6 Å². The van der Waals surface area contributed by atoms with Gasteiger partial charge in [-0.15, -0.1) is 10.2 Å². The van der Waals surface area contributed by atoms with Crippen molar-refractivity contribution in [1.29, 1.82) is 0 Å². The predicted octanol–water partition coefficient (Wildman–Crippen LogP) is 1.78. The average molecular weight is 700 g/mol. The Kier molecular flexibility index (Phi) is 10.9. The lowest BCUT2D eigenvalue weighted by molar-refractivity contribution is -0.117. The van der Waals surface area contributed by atoms with Gasteiger partial charge in [0.25, 0.3) is 16.1 Å². The van der Waals surface area contributed by atoms with Crippen LogP contribution in [-0.4, -0.2) is 140 Å². The first-order chi connectivity index (χ1) is 23.5. The molecule has 4 aliphatic rings. The van der Waals surface area contributed by atoms with Gasteiger partial charge in [0.15, 0.2) is 12.1 Å². The topological polar surface area (TPSA) is 144 Å². The molecule has 4 fully saturated rings. The van der Waals surface area contributed by atoms with Gasteiger partial charge in [0.1, 0.15) is 17.9 Å². The second-order valence-corrected chi connectivity index (χ2v) is 15.9. The summed E-state index contributed by atoms with van der Waals surface area (Å²) in [5, 5.41) is 10.9. The summed E-state index contributed by atoms with van der Waals surface area (Å²) in [6.45, 7) is 6.99. The number of nitrogens with zero attached hydrogens (tertiary/aromatic N) is 8. The van der Waals surface area contributed by atoms with Gasteiger partial charge < -0.3 is 24.8 Å². The summed E-state index contributed by atoms with van der Waals surface area (Å²) in [5.74, 6) is 0.659. The van der Waals surface area contributed by atoms with E-state index in [1.807, 2.05) is 19.0 Å². The third kappa shape index (κ3) is 8.43. The second kappa shape index (κ2) is 15.1. The van der Waals surface area contributed by atoms with E-state index in [4.69, 9.17) is 4.74 Å². The van der Waals surface area contributed by atoms with Crippen molar-refractivity contribution in [3.05, 3.63) is 48.1 Å². The molecule has 0 bridgehead atoms. The molecule has 1 amide bonds. The smallest absolute Gasteiger partial charge is 0.282 e. The molecular formula is C33H46FN9O5S. The zero-order chi connectivity index (χ0) is 34.6. The minimum atomic E-state index is -3.56. The Labute approximate surface area is 287 Å². The quantitative estimate of drug-likeness (QED) is 0.256. The van der Waals surface area contributed by atoms with Gasteiger partial charge in [0.05, 0.1) is 5.56 Å². The van der Waals surface area contributed by atoms with Crippen molar-refractivity contribution in [1.82, 2.24) is 38.9 Å². The van der Waals surface area contributed by atoms with Crippen LogP contribution in [0.5, 0.6) is 11.6 Å². The molecule has 14 nitrogen and oxygen atoms in total. The van der Waals surface area contributed by atoms with Gasteiger partial charge in [-0.3, -0.25) is 9.59 Å². The van der Waals surface area contributed by atoms with Crippen molar-refractivity contribution in [3.8, 4) is 11.6 Å². The van der Waals surface area contributed by atoms with Crippen molar-refractivity contribution < 1.29 is 27.1 Å². The van der Waals surface area contributed by atoms with Crippen LogP contribution in [0.3, 0.4) is 0 Å². The van der Waals surface area contributed by atoms with Crippen LogP contribution in [0.1, 0.15) is 42.5 Å². The summed E-state index contributed by atoms with van der Waals surface area (Å²) in [7, 11) is 0.296. The molecule has 6 rings (SSSR count). The van der Waals surface area contributed by atoms with Gasteiger partial charge in [-0.1, -0.05) is 6.08 Å². The van der Waals surface area contributed by atoms with Crippen molar-refractivity contribution in [2.24, 2.45) is 11.3 Å². The van der Waals surface area contributed by atoms with Crippen molar-refractivity contribution in [3.63, 3.8) is 0 Å². The van der Waals surface area contributed by atoms with Crippen molar-refractivity contribution >= 4 is 28.2 Å². The average Bonchev–Trinajstić information content (AvgIpc) is 3.55. The number of aromatic nitrogens is 3. The molecular weight excluding hydrogens is 653 g/mol. The fourth-order valence-electron chi connectivity index (χ4n) is 7.32. The molecule has 16 heteroatoms. The maximum Gasteiger partial charge on any atom is 0.282 e. The lowest BCUT2D eigenvalue weighted by Gasteiger charge is -2.54. The molecule has 0 radical (unpaired) electrons. The molecule has 1 N–H and O–H groups in total. The Morgan fingerprint density at radius 1 is 1.10 bits per heavy atom. The van der Waals surface area contributed by atoms with Gasteiger partial charge in [-0.25, -0.2) is 9.37 Å². The summed E-state index contributed by atoms with van der Waals surface area (Å²) in [6, 6.07) is 3.56. The highest BCUT2D eigenvalue weighted by Crippen LogP contribution is 2.44. The van der Waals surface area contributed by atoms with E-state index in [1.54, 1.807) is 10.4 Å². The Morgan fingerprint density at radius 3 is 2.55 bits per heavy atom. The maximum absolute atomic E-state index is 13.6. The number of likely N-dealkylation sites (tertiary alicyclic amines) is 1. The van der Waals surface area contributed by atoms with E-state index >= 15 is 0 Å². The fraction of sp³-hybridized carbons (Fsp3) is 0.606. The largest absolute Gasteiger partial charge is 0.434 e. The number of carbonyl (C=O) groups excluding carboxylic acids is 2. The van der Waals surface area contributed by atoms with Crippen LogP contribution in [0.4, 0.5) is 10.2 Å². The van der Waals surface area contributed by atoms with E-state index in [9.17, 15) is 22.4 Å². The molecule has 0 saturated carbocycles. The third-order valence-corrected chi connectivity index (χ3v) is 12.1. The Morgan fingerprint density at radius 2 is 1.84 bits per heavy atom. The van der Waals surface area contributed by atoms with Crippen LogP contribution in [0, 0.1) is 17.2 Å². The van der Waals surface area contributed by atoms with Gasteiger partial charge >= 0.3 is 0 Å². The van der Waals surface area contributed by atoms with Crippen LogP contribution >= 0.6 is 0 Å². The van der Waals surface area contributed by atoms with E-state index in [1.165, 1.54) is 28.8 Å². The molecule has 1 spiro atoms. The molecule has 4 saturated heterocycles. The van der Waals surface area contributed by atoms with Gasteiger partial charge in [-0.2, -0.15) is 17.0 Å². The molecule has 0 aliphatic carbocycles. The highest BCUT2D eigenvalue weighted by Gasteiger charge is 2.47. The summed E-state index contributed by atoms with van der Waals surface area (Å²) in [6.07, 6.45) is 9.60. The van der Waals surface area contributed by atoms with E-state index in [2.05, 4.69) is 30.3 Å². The number of halogens is 1. The van der Waals surface area contributed by atoms with Gasteiger partial charge in [-0.05, 0) is 83.4 Å². The molecule has 266 valence electrons. The molecule has 49 heavy (non-hydrogen) atoms. The van der Waals surface area contributed by atoms with Crippen molar-refractivity contribution in [2.75, 3.05) is 84.4 Å². The first-order valence-electron chi connectivity index (χ1n) is 17.0. The number of amides is 1. The fourth-order valence-corrected chi connectivity index (χ4v) is 9.02. The standard InChI is InChI=1S/C33H46FN9O5S/c1-39(2)12-3-4-30(45)37-28-9-15-43(20-28)49(46,47)42-13-7-25(8-14-42)19-40-16-10-33(11-17-40)22-41(23-33)31-32(38-36-24-35-31)48-29-6-5-27(34)18-26(29)21-44/h3-6,18,21,24-25,28H,7-17,19-20,22-23H2,1-2H3,(H,37,45)/b4-3+. The third-order valence-electron chi connectivity index (χ3n) is 10.1. The minimum absolute atomic E-state index is 0.0860. The lowest BCUT2D eigenvalue weighted by atomic mass is 9.72. The summed E-state index contributed by atoms with van der Waals surface area (Å²) in [5.41, 5.74) is 0.262. The molecule has 5 heterocycles. The van der Waals surface area contributed by atoms with Gasteiger partial charge in [0.2, 0.25) is 5.91 Å². The number of rotatable bonds is 12. The van der Waals surface area contributed by atoms with Crippen LogP contribution in [-0.2, 0) is 15.0 Å². The number of carbonyl (C=O) groups is 2. The summed E-state index contributed by atoms with van der Waals surface area (Å²) >= 11 is 0. The Bertz CT molecular complexity index is 1620. The van der Waals surface area contributed by atoms with Crippen molar-refractivity contribution in [2.45, 2.75) is 38.1 Å². The molecule has 1 atom stereocenters. The number of piperidine rings is 2. The summed E-state index contributed by atoms with van der Waals surface area (Å²) < 4.78 is 49.4. The first-order valence-corrected chi connectivity index (χ1v) is 18.4. The number of nitrogens with one attached hydrogen (secondary N) is 1. The first kappa shape index (κ1) is 35.3. The number of aldehydes is 1. The maximum atomic E-state index is 13.6. The number of anilines is 1.